The minimum atomic E-state index is 0.269. The molecule has 106 valence electrons. The molecule has 0 radical (unpaired) electrons. The van der Waals surface area contributed by atoms with Gasteiger partial charge in [0, 0.05) is 24.7 Å². The topological polar surface area (TPSA) is 35.5 Å². The standard InChI is InChI=1S/C15H30N2O/c1-3-12-4-8-15(9-5-12)17(2)10-14(11-18)16-13-6-7-13/h12-16,18H,3-11H2,1-2H3. The second-order valence-electron chi connectivity index (χ2n) is 6.34. The third-order valence-electron chi connectivity index (χ3n) is 4.79. The number of nitrogens with one attached hydrogen (secondary N) is 1. The number of nitrogens with zero attached hydrogens (tertiary/aromatic N) is 1. The molecule has 2 aliphatic carbocycles. The molecular formula is C15H30N2O. The van der Waals surface area contributed by atoms with E-state index < -0.39 is 0 Å². The van der Waals surface area contributed by atoms with E-state index in [0.717, 1.165) is 18.5 Å². The lowest BCUT2D eigenvalue weighted by Crippen LogP contribution is -2.47. The lowest BCUT2D eigenvalue weighted by Gasteiger charge is -2.36. The fourth-order valence-electron chi connectivity index (χ4n) is 3.24. The lowest BCUT2D eigenvalue weighted by atomic mass is 9.84. The van der Waals surface area contributed by atoms with Gasteiger partial charge in [-0.15, -0.1) is 0 Å². The van der Waals surface area contributed by atoms with Gasteiger partial charge in [0.2, 0.25) is 0 Å². The van der Waals surface area contributed by atoms with E-state index in [1.807, 2.05) is 0 Å². The molecule has 2 saturated carbocycles. The van der Waals surface area contributed by atoms with Gasteiger partial charge in [-0.25, -0.2) is 0 Å². The third kappa shape index (κ3) is 4.22. The second-order valence-corrected chi connectivity index (χ2v) is 6.34. The third-order valence-corrected chi connectivity index (χ3v) is 4.79. The molecule has 0 spiro atoms. The maximum atomic E-state index is 9.44. The minimum absolute atomic E-state index is 0.269. The zero-order valence-electron chi connectivity index (χ0n) is 12.1. The van der Waals surface area contributed by atoms with Crippen LogP contribution in [-0.2, 0) is 0 Å². The van der Waals surface area contributed by atoms with E-state index in [0.29, 0.717) is 6.04 Å². The Morgan fingerprint density at radius 2 is 1.83 bits per heavy atom. The summed E-state index contributed by atoms with van der Waals surface area (Å²) in [5.74, 6) is 0.966. The van der Waals surface area contributed by atoms with Gasteiger partial charge in [0.05, 0.1) is 6.61 Å². The van der Waals surface area contributed by atoms with Crippen LogP contribution in [0.4, 0.5) is 0 Å². The molecule has 2 N–H and O–H groups in total. The molecule has 2 fully saturated rings. The van der Waals surface area contributed by atoms with E-state index >= 15 is 0 Å². The molecule has 0 amide bonds. The number of aliphatic hydroxyl groups excluding tert-OH is 1. The van der Waals surface area contributed by atoms with Gasteiger partial charge < -0.3 is 15.3 Å². The van der Waals surface area contributed by atoms with Gasteiger partial charge in [-0.1, -0.05) is 13.3 Å². The number of rotatable bonds is 7. The van der Waals surface area contributed by atoms with Crippen LogP contribution in [0.1, 0.15) is 51.9 Å². The first-order chi connectivity index (χ1) is 8.72. The molecule has 0 bridgehead atoms. The van der Waals surface area contributed by atoms with Gasteiger partial charge in [-0.2, -0.15) is 0 Å². The SMILES string of the molecule is CCC1CCC(N(C)CC(CO)NC2CC2)CC1. The quantitative estimate of drug-likeness (QED) is 0.729. The summed E-state index contributed by atoms with van der Waals surface area (Å²) in [4.78, 5) is 2.47. The minimum Gasteiger partial charge on any atom is -0.395 e. The Morgan fingerprint density at radius 3 is 2.33 bits per heavy atom. The maximum Gasteiger partial charge on any atom is 0.0597 e. The number of aliphatic hydroxyl groups is 1. The molecular weight excluding hydrogens is 224 g/mol. The Bertz CT molecular complexity index is 235. The fraction of sp³-hybridized carbons (Fsp3) is 1.00. The van der Waals surface area contributed by atoms with Gasteiger partial charge in [-0.05, 0) is 51.5 Å². The summed E-state index contributed by atoms with van der Waals surface area (Å²) in [5.41, 5.74) is 0. The Morgan fingerprint density at radius 1 is 1.17 bits per heavy atom. The molecule has 2 rings (SSSR count). The molecule has 0 aromatic heterocycles. The van der Waals surface area contributed by atoms with Gasteiger partial charge in [-0.3, -0.25) is 0 Å². The van der Waals surface area contributed by atoms with Gasteiger partial charge in [0.15, 0.2) is 0 Å². The normalized spacial score (nSPS) is 30.7. The fourth-order valence-corrected chi connectivity index (χ4v) is 3.24. The molecule has 2 aliphatic rings. The van der Waals surface area contributed by atoms with Crippen LogP contribution in [0.15, 0.2) is 0 Å². The van der Waals surface area contributed by atoms with Crippen molar-refractivity contribution in [3.63, 3.8) is 0 Å². The van der Waals surface area contributed by atoms with E-state index in [9.17, 15) is 5.11 Å². The van der Waals surface area contributed by atoms with Crippen molar-refractivity contribution in [1.82, 2.24) is 10.2 Å². The Kier molecular flexibility index (Phi) is 5.46. The van der Waals surface area contributed by atoms with Gasteiger partial charge >= 0.3 is 0 Å². The van der Waals surface area contributed by atoms with Crippen molar-refractivity contribution in [2.24, 2.45) is 5.92 Å². The average molecular weight is 254 g/mol. The molecule has 1 atom stereocenters. The first-order valence-corrected chi connectivity index (χ1v) is 7.80. The number of hydrogen-bond donors (Lipinski definition) is 2. The van der Waals surface area contributed by atoms with E-state index in [-0.39, 0.29) is 12.6 Å². The maximum absolute atomic E-state index is 9.44. The zero-order chi connectivity index (χ0) is 13.0. The van der Waals surface area contributed by atoms with Crippen molar-refractivity contribution in [2.45, 2.75) is 70.0 Å². The van der Waals surface area contributed by atoms with Crippen molar-refractivity contribution in [2.75, 3.05) is 20.2 Å². The molecule has 3 nitrogen and oxygen atoms in total. The van der Waals surface area contributed by atoms with Crippen LogP contribution >= 0.6 is 0 Å². The van der Waals surface area contributed by atoms with E-state index in [1.165, 1.54) is 44.9 Å². The first kappa shape index (κ1) is 14.3. The summed E-state index contributed by atoms with van der Waals surface area (Å²) in [7, 11) is 2.23. The highest BCUT2D eigenvalue weighted by atomic mass is 16.3. The molecule has 0 aliphatic heterocycles. The zero-order valence-corrected chi connectivity index (χ0v) is 12.1. The summed E-state index contributed by atoms with van der Waals surface area (Å²) in [6.45, 7) is 3.58. The van der Waals surface area contributed by atoms with Crippen LogP contribution in [0, 0.1) is 5.92 Å². The van der Waals surface area contributed by atoms with Crippen molar-refractivity contribution in [1.29, 1.82) is 0 Å². The summed E-state index contributed by atoms with van der Waals surface area (Å²) in [6, 6.07) is 1.70. The molecule has 18 heavy (non-hydrogen) atoms. The summed E-state index contributed by atoms with van der Waals surface area (Å²) in [5, 5.41) is 13.0. The van der Waals surface area contributed by atoms with Crippen molar-refractivity contribution in [3.8, 4) is 0 Å². The smallest absolute Gasteiger partial charge is 0.0597 e. The molecule has 0 saturated heterocycles. The van der Waals surface area contributed by atoms with Crippen LogP contribution < -0.4 is 5.32 Å². The highest BCUT2D eigenvalue weighted by molar-refractivity contribution is 4.87. The van der Waals surface area contributed by atoms with Gasteiger partial charge in [0.1, 0.15) is 0 Å². The molecule has 1 unspecified atom stereocenters. The lowest BCUT2D eigenvalue weighted by molar-refractivity contribution is 0.130. The summed E-state index contributed by atoms with van der Waals surface area (Å²) in [6.07, 6.45) is 9.41. The Balaban J connectivity index is 1.70. The van der Waals surface area contributed by atoms with E-state index in [4.69, 9.17) is 0 Å². The second kappa shape index (κ2) is 6.88. The van der Waals surface area contributed by atoms with Gasteiger partial charge in [0.25, 0.3) is 0 Å². The summed E-state index contributed by atoms with van der Waals surface area (Å²) >= 11 is 0. The highest BCUT2D eigenvalue weighted by Gasteiger charge is 2.27. The van der Waals surface area contributed by atoms with Crippen molar-refractivity contribution < 1.29 is 5.11 Å². The van der Waals surface area contributed by atoms with E-state index in [2.05, 4.69) is 24.2 Å². The van der Waals surface area contributed by atoms with Crippen molar-refractivity contribution >= 4 is 0 Å². The van der Waals surface area contributed by atoms with Crippen LogP contribution in [0.3, 0.4) is 0 Å². The average Bonchev–Trinajstić information content (AvgIpc) is 3.22. The molecule has 0 aromatic carbocycles. The molecule has 3 heteroatoms. The van der Waals surface area contributed by atoms with Crippen LogP contribution in [0.5, 0.6) is 0 Å². The number of likely N-dealkylation sites (N-methyl/N-ethyl adjacent to an activating group) is 1. The monoisotopic (exact) mass is 254 g/mol. The van der Waals surface area contributed by atoms with Crippen LogP contribution in [-0.4, -0.2) is 48.3 Å². The molecule has 0 heterocycles. The Labute approximate surface area is 112 Å². The van der Waals surface area contributed by atoms with Crippen LogP contribution in [0.25, 0.3) is 0 Å². The predicted molar refractivity (Wildman–Crippen MR) is 75.7 cm³/mol. The van der Waals surface area contributed by atoms with E-state index in [1.54, 1.807) is 0 Å². The predicted octanol–water partition coefficient (Wildman–Crippen LogP) is 2.00. The largest absolute Gasteiger partial charge is 0.395 e. The van der Waals surface area contributed by atoms with Crippen molar-refractivity contribution in [3.05, 3.63) is 0 Å². The molecule has 0 aromatic rings. The first-order valence-electron chi connectivity index (χ1n) is 7.80. The number of hydrogen-bond acceptors (Lipinski definition) is 3. The van der Waals surface area contributed by atoms with Crippen LogP contribution in [0.2, 0.25) is 0 Å². The Hall–Kier alpha value is -0.120. The highest BCUT2D eigenvalue weighted by Crippen LogP contribution is 2.29. The summed E-state index contributed by atoms with van der Waals surface area (Å²) < 4.78 is 0.